The maximum atomic E-state index is 12.3. The molecule has 4 nitrogen and oxygen atoms in total. The number of rotatable bonds is 3. The second-order valence-corrected chi connectivity index (χ2v) is 6.61. The highest BCUT2D eigenvalue weighted by molar-refractivity contribution is 14.1. The Morgan fingerprint density at radius 1 is 1.14 bits per heavy atom. The van der Waals surface area contributed by atoms with Gasteiger partial charge in [0.2, 0.25) is 0 Å². The van der Waals surface area contributed by atoms with Gasteiger partial charge in [-0.25, -0.2) is 4.79 Å². The Balaban J connectivity index is 2.36. The van der Waals surface area contributed by atoms with Gasteiger partial charge in [-0.15, -0.1) is 0 Å². The van der Waals surface area contributed by atoms with Crippen LogP contribution in [0.25, 0.3) is 0 Å². The lowest BCUT2D eigenvalue weighted by Crippen LogP contribution is -2.15. The summed E-state index contributed by atoms with van der Waals surface area (Å²) in [5, 5.41) is 12.2. The Hall–Kier alpha value is -1.12. The lowest BCUT2D eigenvalue weighted by atomic mass is 10.1. The fraction of sp³-hybridized carbons (Fsp3) is 0. The summed E-state index contributed by atoms with van der Waals surface area (Å²) in [5.74, 6) is -1.54. The van der Waals surface area contributed by atoms with E-state index in [2.05, 4.69) is 21.2 Å². The van der Waals surface area contributed by atoms with Gasteiger partial charge in [0.15, 0.2) is 0 Å². The summed E-state index contributed by atoms with van der Waals surface area (Å²) in [6.07, 6.45) is 0. The molecule has 0 bridgehead atoms. The fourth-order valence-electron chi connectivity index (χ4n) is 1.66. The van der Waals surface area contributed by atoms with Crippen molar-refractivity contribution in [2.24, 2.45) is 0 Å². The zero-order chi connectivity index (χ0) is 15.6. The van der Waals surface area contributed by atoms with E-state index in [1.807, 2.05) is 22.6 Å². The summed E-state index contributed by atoms with van der Waals surface area (Å²) in [6, 6.07) is 9.58. The molecule has 1 amide bonds. The molecular weight excluding hydrogens is 472 g/mol. The number of hydrogen-bond acceptors (Lipinski definition) is 2. The zero-order valence-electron chi connectivity index (χ0n) is 10.4. The van der Waals surface area contributed by atoms with Crippen molar-refractivity contribution in [2.75, 3.05) is 5.32 Å². The van der Waals surface area contributed by atoms with Crippen LogP contribution < -0.4 is 5.32 Å². The van der Waals surface area contributed by atoms with Crippen LogP contribution in [0.1, 0.15) is 20.7 Å². The van der Waals surface area contributed by atoms with E-state index in [9.17, 15) is 14.7 Å². The van der Waals surface area contributed by atoms with E-state index in [0.29, 0.717) is 15.1 Å². The second-order valence-electron chi connectivity index (χ2n) is 4.07. The number of carboxylic acid groups (broad SMARTS) is 1. The number of hydrogen-bond donors (Lipinski definition) is 2. The van der Waals surface area contributed by atoms with Crippen molar-refractivity contribution in [1.29, 1.82) is 0 Å². The highest BCUT2D eigenvalue weighted by Crippen LogP contribution is 2.24. The Labute approximate surface area is 147 Å². The van der Waals surface area contributed by atoms with Crippen LogP contribution in [0.4, 0.5) is 5.69 Å². The van der Waals surface area contributed by atoms with Gasteiger partial charge in [0.05, 0.1) is 16.8 Å². The minimum absolute atomic E-state index is 0.0356. The minimum atomic E-state index is -1.10. The third-order valence-electron chi connectivity index (χ3n) is 2.63. The molecule has 0 aliphatic carbocycles. The van der Waals surface area contributed by atoms with Gasteiger partial charge < -0.3 is 10.4 Å². The molecule has 2 aromatic carbocycles. The smallest absolute Gasteiger partial charge is 0.337 e. The predicted molar refractivity (Wildman–Crippen MR) is 93.2 cm³/mol. The van der Waals surface area contributed by atoms with E-state index in [-0.39, 0.29) is 11.3 Å². The summed E-state index contributed by atoms with van der Waals surface area (Å²) in [4.78, 5) is 23.5. The quantitative estimate of drug-likeness (QED) is 0.629. The highest BCUT2D eigenvalue weighted by Gasteiger charge is 2.16. The SMILES string of the molecule is O=C(Nc1ccc(I)cc1C(=O)O)c1cc(Cl)ccc1Br. The average Bonchev–Trinajstić information content (AvgIpc) is 2.43. The van der Waals surface area contributed by atoms with Gasteiger partial charge in [-0.05, 0) is 74.9 Å². The molecule has 0 unspecified atom stereocenters. The molecule has 0 aromatic heterocycles. The zero-order valence-corrected chi connectivity index (χ0v) is 14.9. The molecule has 0 aliphatic rings. The molecular formula is C14H8BrClINO3. The number of halogens is 3. The standard InChI is InChI=1S/C14H8BrClINO3/c15-11-3-1-7(16)5-9(11)13(19)18-12-4-2-8(17)6-10(12)14(20)21/h1-6H,(H,18,19)(H,20,21). The number of carbonyl (C=O) groups excluding carboxylic acids is 1. The van der Waals surface area contributed by atoms with Crippen LogP contribution in [0.5, 0.6) is 0 Å². The normalized spacial score (nSPS) is 10.2. The Morgan fingerprint density at radius 3 is 2.52 bits per heavy atom. The summed E-state index contributed by atoms with van der Waals surface area (Å²) in [6.45, 7) is 0. The van der Waals surface area contributed by atoms with Crippen LogP contribution in [-0.2, 0) is 0 Å². The fourth-order valence-corrected chi connectivity index (χ4v) is 2.75. The number of anilines is 1. The Bertz CT molecular complexity index is 736. The van der Waals surface area contributed by atoms with Gasteiger partial charge >= 0.3 is 5.97 Å². The molecule has 7 heteroatoms. The van der Waals surface area contributed by atoms with E-state index < -0.39 is 11.9 Å². The number of aromatic carboxylic acids is 1. The maximum absolute atomic E-state index is 12.3. The molecule has 2 rings (SSSR count). The Kier molecular flexibility index (Phi) is 5.23. The largest absolute Gasteiger partial charge is 0.478 e. The first-order valence-electron chi connectivity index (χ1n) is 5.67. The van der Waals surface area contributed by atoms with Crippen molar-refractivity contribution in [3.05, 3.63) is 60.6 Å². The van der Waals surface area contributed by atoms with Gasteiger partial charge in [-0.1, -0.05) is 11.6 Å². The Morgan fingerprint density at radius 2 is 1.86 bits per heavy atom. The molecule has 0 saturated heterocycles. The molecule has 108 valence electrons. The van der Waals surface area contributed by atoms with Crippen LogP contribution in [0, 0.1) is 3.57 Å². The van der Waals surface area contributed by atoms with Crippen LogP contribution in [-0.4, -0.2) is 17.0 Å². The summed E-state index contributed by atoms with van der Waals surface area (Å²) in [5.41, 5.74) is 0.602. The molecule has 0 aliphatic heterocycles. The maximum Gasteiger partial charge on any atom is 0.337 e. The molecule has 0 heterocycles. The third kappa shape index (κ3) is 3.96. The molecule has 0 spiro atoms. The lowest BCUT2D eigenvalue weighted by molar-refractivity contribution is 0.0698. The van der Waals surface area contributed by atoms with E-state index in [4.69, 9.17) is 11.6 Å². The average molecular weight is 480 g/mol. The van der Waals surface area contributed by atoms with Crippen molar-refractivity contribution >= 4 is 67.7 Å². The van der Waals surface area contributed by atoms with E-state index in [1.165, 1.54) is 12.1 Å². The molecule has 2 aromatic rings. The van der Waals surface area contributed by atoms with Crippen LogP contribution in [0.15, 0.2) is 40.9 Å². The van der Waals surface area contributed by atoms with Crippen molar-refractivity contribution < 1.29 is 14.7 Å². The van der Waals surface area contributed by atoms with Gasteiger partial charge in [0, 0.05) is 13.1 Å². The van der Waals surface area contributed by atoms with Crippen LogP contribution in [0.3, 0.4) is 0 Å². The van der Waals surface area contributed by atoms with Crippen molar-refractivity contribution in [3.63, 3.8) is 0 Å². The van der Waals surface area contributed by atoms with Gasteiger partial charge in [-0.3, -0.25) is 4.79 Å². The number of carboxylic acids is 1. The van der Waals surface area contributed by atoms with Gasteiger partial charge in [0.1, 0.15) is 0 Å². The van der Waals surface area contributed by atoms with Crippen molar-refractivity contribution in [1.82, 2.24) is 0 Å². The van der Waals surface area contributed by atoms with Crippen LogP contribution in [0.2, 0.25) is 5.02 Å². The topological polar surface area (TPSA) is 66.4 Å². The number of nitrogens with one attached hydrogen (secondary N) is 1. The molecule has 0 atom stereocenters. The lowest BCUT2D eigenvalue weighted by Gasteiger charge is -2.10. The summed E-state index contributed by atoms with van der Waals surface area (Å²) < 4.78 is 1.35. The summed E-state index contributed by atoms with van der Waals surface area (Å²) >= 11 is 11.1. The summed E-state index contributed by atoms with van der Waals surface area (Å²) in [7, 11) is 0. The third-order valence-corrected chi connectivity index (χ3v) is 4.23. The molecule has 21 heavy (non-hydrogen) atoms. The molecule has 0 radical (unpaired) electrons. The van der Waals surface area contributed by atoms with Crippen molar-refractivity contribution in [3.8, 4) is 0 Å². The van der Waals surface area contributed by atoms with Gasteiger partial charge in [0.25, 0.3) is 5.91 Å². The second kappa shape index (κ2) is 6.76. The highest BCUT2D eigenvalue weighted by atomic mass is 127. The number of benzene rings is 2. The number of amides is 1. The first-order valence-corrected chi connectivity index (χ1v) is 7.92. The predicted octanol–water partition coefficient (Wildman–Crippen LogP) is 4.66. The molecule has 2 N–H and O–H groups in total. The van der Waals surface area contributed by atoms with E-state index in [1.54, 1.807) is 24.3 Å². The van der Waals surface area contributed by atoms with E-state index in [0.717, 1.165) is 3.57 Å². The van der Waals surface area contributed by atoms with Crippen LogP contribution >= 0.6 is 50.1 Å². The molecule has 0 saturated carbocycles. The number of carbonyl (C=O) groups is 2. The molecule has 0 fully saturated rings. The van der Waals surface area contributed by atoms with Crippen molar-refractivity contribution in [2.45, 2.75) is 0 Å². The first-order chi connectivity index (χ1) is 9.88. The van der Waals surface area contributed by atoms with E-state index >= 15 is 0 Å². The monoisotopic (exact) mass is 479 g/mol. The minimum Gasteiger partial charge on any atom is -0.478 e. The van der Waals surface area contributed by atoms with Gasteiger partial charge in [-0.2, -0.15) is 0 Å². The first kappa shape index (κ1) is 16.3.